The van der Waals surface area contributed by atoms with E-state index in [2.05, 4.69) is 9.97 Å². The van der Waals surface area contributed by atoms with Crippen molar-refractivity contribution < 1.29 is 9.53 Å². The molecule has 1 fully saturated rings. The van der Waals surface area contributed by atoms with E-state index in [9.17, 15) is 4.79 Å². The average molecular weight is 322 g/mol. The van der Waals surface area contributed by atoms with Gasteiger partial charge in [0.05, 0.1) is 30.6 Å². The molecule has 0 saturated carbocycles. The van der Waals surface area contributed by atoms with Crippen LogP contribution >= 0.6 is 0 Å². The molecular weight excluding hydrogens is 304 g/mol. The maximum atomic E-state index is 13.0. The summed E-state index contributed by atoms with van der Waals surface area (Å²) < 4.78 is 7.76. The van der Waals surface area contributed by atoms with Gasteiger partial charge in [-0.25, -0.2) is 0 Å². The average Bonchev–Trinajstić information content (AvgIpc) is 2.99. The van der Waals surface area contributed by atoms with Crippen molar-refractivity contribution >= 4 is 16.8 Å². The zero-order valence-electron chi connectivity index (χ0n) is 13.4. The van der Waals surface area contributed by atoms with Crippen LogP contribution in [0, 0.1) is 0 Å². The number of para-hydroxylation sites is 1. The van der Waals surface area contributed by atoms with Gasteiger partial charge in [0.25, 0.3) is 5.91 Å². The molecule has 0 N–H and O–H groups in total. The Balaban J connectivity index is 1.62. The minimum absolute atomic E-state index is 0.0315. The fourth-order valence-electron chi connectivity index (χ4n) is 3.17. The van der Waals surface area contributed by atoms with Gasteiger partial charge in [-0.2, -0.15) is 0 Å². The molecule has 0 aliphatic carbocycles. The van der Waals surface area contributed by atoms with Crippen LogP contribution in [0.5, 0.6) is 0 Å². The van der Waals surface area contributed by atoms with Gasteiger partial charge in [0.2, 0.25) is 0 Å². The van der Waals surface area contributed by atoms with Crippen molar-refractivity contribution in [2.45, 2.75) is 6.10 Å². The van der Waals surface area contributed by atoms with Crippen LogP contribution in [0.3, 0.4) is 0 Å². The first-order valence-corrected chi connectivity index (χ1v) is 7.95. The molecule has 6 heteroatoms. The minimum atomic E-state index is -0.230. The van der Waals surface area contributed by atoms with Crippen molar-refractivity contribution in [3.63, 3.8) is 0 Å². The molecule has 3 aromatic rings. The van der Waals surface area contributed by atoms with Gasteiger partial charge >= 0.3 is 0 Å². The first kappa shape index (κ1) is 14.8. The highest BCUT2D eigenvalue weighted by Gasteiger charge is 2.28. The third kappa shape index (κ3) is 2.55. The van der Waals surface area contributed by atoms with E-state index in [1.807, 2.05) is 47.0 Å². The Morgan fingerprint density at radius 1 is 1.29 bits per heavy atom. The number of benzene rings is 1. The molecule has 4 rings (SSSR count). The lowest BCUT2D eigenvalue weighted by atomic mass is 10.1. The van der Waals surface area contributed by atoms with Gasteiger partial charge in [-0.1, -0.05) is 18.2 Å². The number of nitrogens with zero attached hydrogens (tertiary/aromatic N) is 4. The largest absolute Gasteiger partial charge is 0.368 e. The summed E-state index contributed by atoms with van der Waals surface area (Å²) in [5, 5.41) is 0.979. The third-order valence-corrected chi connectivity index (χ3v) is 4.39. The minimum Gasteiger partial charge on any atom is -0.368 e. The van der Waals surface area contributed by atoms with E-state index < -0.39 is 0 Å². The number of aryl methyl sites for hydroxylation is 1. The predicted octanol–water partition coefficient (Wildman–Crippen LogP) is 2.18. The molecule has 0 unspecified atom stereocenters. The van der Waals surface area contributed by atoms with Crippen LogP contribution in [0.15, 0.2) is 49.1 Å². The number of hydrogen-bond donors (Lipinski definition) is 0. The fourth-order valence-corrected chi connectivity index (χ4v) is 3.17. The number of hydrogen-bond acceptors (Lipinski definition) is 4. The molecule has 0 spiro atoms. The molecule has 1 aliphatic heterocycles. The van der Waals surface area contributed by atoms with Crippen molar-refractivity contribution in [1.29, 1.82) is 0 Å². The van der Waals surface area contributed by atoms with E-state index in [0.717, 1.165) is 22.2 Å². The fraction of sp³-hybridized carbons (Fsp3) is 0.278. The standard InChI is InChI=1S/C18H18N4O2/c1-21-11-14(13-4-2-3-5-16(13)21)18(23)22-8-9-24-17(12-22)15-10-19-6-7-20-15/h2-7,10-11,17H,8-9,12H2,1H3/t17-/m0/s1. The molecule has 1 aromatic carbocycles. The monoisotopic (exact) mass is 322 g/mol. The number of carbonyl (C=O) groups is 1. The Kier molecular flexibility index (Phi) is 3.74. The van der Waals surface area contributed by atoms with Gasteiger partial charge in [0, 0.05) is 43.1 Å². The number of aromatic nitrogens is 3. The molecule has 1 saturated heterocycles. The van der Waals surface area contributed by atoms with Crippen molar-refractivity contribution in [2.75, 3.05) is 19.7 Å². The zero-order chi connectivity index (χ0) is 16.5. The van der Waals surface area contributed by atoms with E-state index in [0.29, 0.717) is 19.7 Å². The van der Waals surface area contributed by atoms with Gasteiger partial charge in [0.1, 0.15) is 6.10 Å². The van der Waals surface area contributed by atoms with E-state index in [1.165, 1.54) is 0 Å². The van der Waals surface area contributed by atoms with Crippen molar-refractivity contribution in [3.8, 4) is 0 Å². The van der Waals surface area contributed by atoms with Crippen molar-refractivity contribution in [1.82, 2.24) is 19.4 Å². The number of ether oxygens (including phenoxy) is 1. The second-order valence-corrected chi connectivity index (χ2v) is 5.91. The predicted molar refractivity (Wildman–Crippen MR) is 89.5 cm³/mol. The number of carbonyl (C=O) groups excluding carboxylic acids is 1. The van der Waals surface area contributed by atoms with Gasteiger partial charge in [-0.15, -0.1) is 0 Å². The van der Waals surface area contributed by atoms with E-state index in [4.69, 9.17) is 4.74 Å². The first-order chi connectivity index (χ1) is 11.7. The first-order valence-electron chi connectivity index (χ1n) is 7.95. The Bertz CT molecular complexity index is 875. The molecule has 3 heterocycles. The van der Waals surface area contributed by atoms with Crippen LogP contribution in [-0.4, -0.2) is 45.0 Å². The highest BCUT2D eigenvalue weighted by Crippen LogP contribution is 2.25. The number of fused-ring (bicyclic) bond motifs is 1. The quantitative estimate of drug-likeness (QED) is 0.725. The molecule has 1 aliphatic rings. The second kappa shape index (κ2) is 6.05. The van der Waals surface area contributed by atoms with Crippen LogP contribution in [0.2, 0.25) is 0 Å². The summed E-state index contributed by atoms with van der Waals surface area (Å²) in [7, 11) is 1.96. The summed E-state index contributed by atoms with van der Waals surface area (Å²) in [6.07, 6.45) is 6.64. The topological polar surface area (TPSA) is 60.2 Å². The van der Waals surface area contributed by atoms with E-state index in [1.54, 1.807) is 18.6 Å². The Morgan fingerprint density at radius 3 is 3.00 bits per heavy atom. The molecular formula is C18H18N4O2. The van der Waals surface area contributed by atoms with Gasteiger partial charge in [0.15, 0.2) is 0 Å². The van der Waals surface area contributed by atoms with Crippen molar-refractivity contribution in [3.05, 3.63) is 60.3 Å². The maximum Gasteiger partial charge on any atom is 0.256 e. The summed E-state index contributed by atoms with van der Waals surface area (Å²) in [5.41, 5.74) is 2.54. The number of morpholine rings is 1. The summed E-state index contributed by atoms with van der Waals surface area (Å²) in [6, 6.07) is 7.95. The van der Waals surface area contributed by atoms with Crippen molar-refractivity contribution in [2.24, 2.45) is 7.05 Å². The summed E-state index contributed by atoms with van der Waals surface area (Å²) in [6.45, 7) is 1.57. The SMILES string of the molecule is Cn1cc(C(=O)N2CCO[C@H](c3cnccn3)C2)c2ccccc21. The van der Waals surface area contributed by atoms with Gasteiger partial charge in [-0.3, -0.25) is 14.8 Å². The molecule has 2 aromatic heterocycles. The smallest absolute Gasteiger partial charge is 0.256 e. The normalized spacial score (nSPS) is 18.0. The van der Waals surface area contributed by atoms with E-state index in [-0.39, 0.29) is 12.0 Å². The zero-order valence-corrected chi connectivity index (χ0v) is 13.4. The van der Waals surface area contributed by atoms with Crippen LogP contribution in [0.1, 0.15) is 22.2 Å². The molecule has 1 atom stereocenters. The summed E-state index contributed by atoms with van der Waals surface area (Å²) >= 11 is 0. The Morgan fingerprint density at radius 2 is 2.17 bits per heavy atom. The second-order valence-electron chi connectivity index (χ2n) is 5.91. The Hall–Kier alpha value is -2.73. The number of amides is 1. The Labute approximate surface area is 139 Å². The summed E-state index contributed by atoms with van der Waals surface area (Å²) in [4.78, 5) is 23.2. The summed E-state index contributed by atoms with van der Waals surface area (Å²) in [5.74, 6) is 0.0315. The highest BCUT2D eigenvalue weighted by molar-refractivity contribution is 6.07. The maximum absolute atomic E-state index is 13.0. The lowest BCUT2D eigenvalue weighted by Gasteiger charge is -2.32. The lowest BCUT2D eigenvalue weighted by molar-refractivity contribution is -0.0248. The third-order valence-electron chi connectivity index (χ3n) is 4.39. The van der Waals surface area contributed by atoms with Gasteiger partial charge in [-0.05, 0) is 6.07 Å². The molecule has 0 radical (unpaired) electrons. The highest BCUT2D eigenvalue weighted by atomic mass is 16.5. The molecule has 1 amide bonds. The molecule has 6 nitrogen and oxygen atoms in total. The molecule has 24 heavy (non-hydrogen) atoms. The lowest BCUT2D eigenvalue weighted by Crippen LogP contribution is -2.42. The molecule has 122 valence electrons. The van der Waals surface area contributed by atoms with Crippen LogP contribution < -0.4 is 0 Å². The van der Waals surface area contributed by atoms with E-state index >= 15 is 0 Å². The van der Waals surface area contributed by atoms with Crippen LogP contribution in [-0.2, 0) is 11.8 Å². The molecule has 0 bridgehead atoms. The number of rotatable bonds is 2. The van der Waals surface area contributed by atoms with Crippen LogP contribution in [0.25, 0.3) is 10.9 Å². The van der Waals surface area contributed by atoms with Crippen LogP contribution in [0.4, 0.5) is 0 Å². The van der Waals surface area contributed by atoms with Gasteiger partial charge < -0.3 is 14.2 Å².